The Morgan fingerprint density at radius 1 is 1.42 bits per heavy atom. The summed E-state index contributed by atoms with van der Waals surface area (Å²) in [5.74, 6) is -0.249. The maximum absolute atomic E-state index is 13.7. The van der Waals surface area contributed by atoms with Crippen LogP contribution in [0.25, 0.3) is 16.3 Å². The molecule has 0 unspecified atom stereocenters. The zero-order valence-corrected chi connectivity index (χ0v) is 15.0. The molecule has 0 saturated carbocycles. The molecular weight excluding hydrogens is 357 g/mol. The Labute approximate surface area is 152 Å². The highest BCUT2D eigenvalue weighted by molar-refractivity contribution is 7.17. The molecule has 6 nitrogen and oxygen atoms in total. The molecule has 0 spiro atoms. The number of thiophene rings is 1. The third-order valence-corrected chi connectivity index (χ3v) is 4.62. The number of halogens is 1. The van der Waals surface area contributed by atoms with Crippen molar-refractivity contribution in [3.8, 4) is 5.75 Å². The van der Waals surface area contributed by atoms with Crippen LogP contribution in [0.1, 0.15) is 11.4 Å². The Hall–Kier alpha value is -3.00. The summed E-state index contributed by atoms with van der Waals surface area (Å²) in [6.45, 7) is 0.154. The molecule has 0 aliphatic heterocycles. The molecular formula is C18H16FN3O3S. The second-order valence-electron chi connectivity index (χ2n) is 5.57. The smallest absolute Gasteiger partial charge is 0.268 e. The maximum Gasteiger partial charge on any atom is 0.268 e. The molecule has 0 aliphatic carbocycles. The van der Waals surface area contributed by atoms with Crippen molar-refractivity contribution in [3.63, 3.8) is 0 Å². The first-order valence-corrected chi connectivity index (χ1v) is 8.59. The number of aromatic amines is 1. The summed E-state index contributed by atoms with van der Waals surface area (Å²) < 4.78 is 19.1. The number of nitrogens with zero attached hydrogens (tertiary/aromatic N) is 2. The van der Waals surface area contributed by atoms with E-state index in [0.29, 0.717) is 21.6 Å². The summed E-state index contributed by atoms with van der Waals surface area (Å²) in [6.07, 6.45) is 2.85. The van der Waals surface area contributed by atoms with Gasteiger partial charge in [-0.3, -0.25) is 9.59 Å². The van der Waals surface area contributed by atoms with Crippen LogP contribution in [0.3, 0.4) is 0 Å². The number of aromatic nitrogens is 2. The van der Waals surface area contributed by atoms with E-state index in [1.807, 2.05) is 0 Å². The van der Waals surface area contributed by atoms with Crippen molar-refractivity contribution < 1.29 is 13.9 Å². The molecule has 1 amide bonds. The van der Waals surface area contributed by atoms with Crippen molar-refractivity contribution >= 4 is 33.5 Å². The molecule has 1 aromatic carbocycles. The molecule has 2 aromatic heterocycles. The van der Waals surface area contributed by atoms with E-state index in [4.69, 9.17) is 4.74 Å². The van der Waals surface area contributed by atoms with E-state index in [9.17, 15) is 14.0 Å². The monoisotopic (exact) mass is 373 g/mol. The lowest BCUT2D eigenvalue weighted by Crippen LogP contribution is -2.26. The molecule has 3 rings (SSSR count). The summed E-state index contributed by atoms with van der Waals surface area (Å²) >= 11 is 1.32. The highest BCUT2D eigenvalue weighted by atomic mass is 32.1. The van der Waals surface area contributed by atoms with E-state index < -0.39 is 5.82 Å². The van der Waals surface area contributed by atoms with Gasteiger partial charge >= 0.3 is 0 Å². The minimum atomic E-state index is -0.499. The number of likely N-dealkylation sites (N-methyl/N-ethyl adjacent to an activating group) is 1. The predicted octanol–water partition coefficient (Wildman–Crippen LogP) is 2.80. The van der Waals surface area contributed by atoms with E-state index in [2.05, 4.69) is 9.97 Å². The SMILES string of the molecule is COc1ccc(/C=C/C(=O)N(C)Cc2nc3ccsc3c(=O)[nH]2)cc1F. The fraction of sp³-hybridized carbons (Fsp3) is 0.167. The second-order valence-corrected chi connectivity index (χ2v) is 6.49. The topological polar surface area (TPSA) is 75.3 Å². The van der Waals surface area contributed by atoms with E-state index in [1.165, 1.54) is 47.6 Å². The van der Waals surface area contributed by atoms with Crippen LogP contribution in [0.2, 0.25) is 0 Å². The van der Waals surface area contributed by atoms with Gasteiger partial charge in [-0.05, 0) is 35.2 Å². The Bertz CT molecular complexity index is 1040. The maximum atomic E-state index is 13.7. The van der Waals surface area contributed by atoms with Gasteiger partial charge in [-0.1, -0.05) is 6.07 Å². The van der Waals surface area contributed by atoms with Crippen LogP contribution in [0.4, 0.5) is 4.39 Å². The van der Waals surface area contributed by atoms with E-state index in [1.54, 1.807) is 24.6 Å². The second kappa shape index (κ2) is 7.49. The molecule has 0 saturated heterocycles. The molecule has 134 valence electrons. The average Bonchev–Trinajstić information content (AvgIpc) is 3.08. The Balaban J connectivity index is 1.70. The molecule has 1 N–H and O–H groups in total. The van der Waals surface area contributed by atoms with Gasteiger partial charge in [0.1, 0.15) is 10.5 Å². The Kier molecular flexibility index (Phi) is 5.13. The van der Waals surface area contributed by atoms with Gasteiger partial charge in [-0.2, -0.15) is 0 Å². The third kappa shape index (κ3) is 3.80. The summed E-state index contributed by atoms with van der Waals surface area (Å²) in [7, 11) is 2.98. The molecule has 0 fully saturated rings. The number of methoxy groups -OCH3 is 1. The fourth-order valence-corrected chi connectivity index (χ4v) is 3.11. The van der Waals surface area contributed by atoms with Gasteiger partial charge < -0.3 is 14.6 Å². The van der Waals surface area contributed by atoms with Crippen molar-refractivity contribution in [2.24, 2.45) is 0 Å². The van der Waals surface area contributed by atoms with Gasteiger partial charge in [0.15, 0.2) is 11.6 Å². The van der Waals surface area contributed by atoms with Crippen LogP contribution in [0.15, 0.2) is 40.5 Å². The summed E-state index contributed by atoms with van der Waals surface area (Å²) in [5, 5.41) is 1.79. The van der Waals surface area contributed by atoms with Crippen LogP contribution >= 0.6 is 11.3 Å². The van der Waals surface area contributed by atoms with Crippen LogP contribution in [-0.2, 0) is 11.3 Å². The van der Waals surface area contributed by atoms with Crippen molar-refractivity contribution in [3.05, 3.63) is 63.3 Å². The van der Waals surface area contributed by atoms with E-state index >= 15 is 0 Å². The number of H-pyrrole nitrogens is 1. The molecule has 2 heterocycles. The number of rotatable bonds is 5. The number of carbonyl (C=O) groups is 1. The lowest BCUT2D eigenvalue weighted by molar-refractivity contribution is -0.125. The molecule has 0 aliphatic rings. The fourth-order valence-electron chi connectivity index (χ4n) is 2.38. The van der Waals surface area contributed by atoms with Crippen molar-refractivity contribution in [2.75, 3.05) is 14.2 Å². The molecule has 0 atom stereocenters. The minimum Gasteiger partial charge on any atom is -0.494 e. The first-order valence-electron chi connectivity index (χ1n) is 7.71. The van der Waals surface area contributed by atoms with Crippen LogP contribution < -0.4 is 10.3 Å². The minimum absolute atomic E-state index is 0.143. The van der Waals surface area contributed by atoms with Crippen molar-refractivity contribution in [2.45, 2.75) is 6.54 Å². The van der Waals surface area contributed by atoms with Crippen molar-refractivity contribution in [1.82, 2.24) is 14.9 Å². The molecule has 3 aromatic rings. The lowest BCUT2D eigenvalue weighted by Gasteiger charge is -2.14. The number of carbonyl (C=O) groups excluding carboxylic acids is 1. The van der Waals surface area contributed by atoms with Crippen LogP contribution in [0, 0.1) is 5.82 Å². The Morgan fingerprint density at radius 3 is 2.96 bits per heavy atom. The summed E-state index contributed by atoms with van der Waals surface area (Å²) in [5.41, 5.74) is 0.931. The van der Waals surface area contributed by atoms with Gasteiger partial charge in [0.2, 0.25) is 5.91 Å². The third-order valence-electron chi connectivity index (χ3n) is 3.72. The quantitative estimate of drug-likeness (QED) is 0.698. The zero-order chi connectivity index (χ0) is 18.7. The predicted molar refractivity (Wildman–Crippen MR) is 98.7 cm³/mol. The van der Waals surface area contributed by atoms with Gasteiger partial charge in [-0.15, -0.1) is 11.3 Å². The number of hydrogen-bond donors (Lipinski definition) is 1. The van der Waals surface area contributed by atoms with E-state index in [-0.39, 0.29) is 23.8 Å². The average molecular weight is 373 g/mol. The molecule has 8 heteroatoms. The molecule has 26 heavy (non-hydrogen) atoms. The van der Waals surface area contributed by atoms with Gasteiger partial charge in [0.05, 0.1) is 19.2 Å². The summed E-state index contributed by atoms with van der Waals surface area (Å²) in [4.78, 5) is 32.6. The number of ether oxygens (including phenoxy) is 1. The van der Waals surface area contributed by atoms with Gasteiger partial charge in [0.25, 0.3) is 5.56 Å². The number of nitrogens with one attached hydrogen (secondary N) is 1. The standard InChI is InChI=1S/C18H16FN3O3S/c1-22(10-15-20-13-7-8-26-17(13)18(24)21-15)16(23)6-4-11-3-5-14(25-2)12(19)9-11/h3-9H,10H2,1-2H3,(H,20,21,24)/b6-4+. The largest absolute Gasteiger partial charge is 0.494 e. The lowest BCUT2D eigenvalue weighted by atomic mass is 10.2. The first-order chi connectivity index (χ1) is 12.5. The highest BCUT2D eigenvalue weighted by Crippen LogP contribution is 2.18. The number of amides is 1. The number of hydrogen-bond acceptors (Lipinski definition) is 5. The van der Waals surface area contributed by atoms with Crippen LogP contribution in [0.5, 0.6) is 5.75 Å². The Morgan fingerprint density at radius 2 is 2.23 bits per heavy atom. The van der Waals surface area contributed by atoms with Gasteiger partial charge in [0, 0.05) is 13.1 Å². The van der Waals surface area contributed by atoms with E-state index in [0.717, 1.165) is 0 Å². The summed E-state index contributed by atoms with van der Waals surface area (Å²) in [6, 6.07) is 6.19. The first kappa shape index (κ1) is 17.8. The molecule has 0 bridgehead atoms. The van der Waals surface area contributed by atoms with Gasteiger partial charge in [-0.25, -0.2) is 9.37 Å². The number of benzene rings is 1. The number of fused-ring (bicyclic) bond motifs is 1. The normalized spacial score (nSPS) is 11.2. The molecule has 0 radical (unpaired) electrons. The highest BCUT2D eigenvalue weighted by Gasteiger charge is 2.10. The zero-order valence-electron chi connectivity index (χ0n) is 14.2. The van der Waals surface area contributed by atoms with Crippen LogP contribution in [-0.4, -0.2) is 34.9 Å². The van der Waals surface area contributed by atoms with Crippen molar-refractivity contribution in [1.29, 1.82) is 0 Å².